The number of benzene rings is 2. The van der Waals surface area contributed by atoms with Gasteiger partial charge < -0.3 is 14.8 Å². The summed E-state index contributed by atoms with van der Waals surface area (Å²) in [5.41, 5.74) is 6.97. The maximum Gasteiger partial charge on any atom is 0.304 e. The molecule has 1 unspecified atom stereocenters. The summed E-state index contributed by atoms with van der Waals surface area (Å²) in [5.74, 6) is -0.480. The van der Waals surface area contributed by atoms with Crippen LogP contribution >= 0.6 is 0 Å². The van der Waals surface area contributed by atoms with Crippen molar-refractivity contribution in [3.05, 3.63) is 86.3 Å². The van der Waals surface area contributed by atoms with Crippen LogP contribution in [0.15, 0.2) is 47.3 Å². The summed E-state index contributed by atoms with van der Waals surface area (Å²) in [7, 11) is 1.85. The molecule has 0 spiro atoms. The van der Waals surface area contributed by atoms with Crippen molar-refractivity contribution in [2.75, 3.05) is 6.54 Å². The molecule has 9 nitrogen and oxygen atoms in total. The van der Waals surface area contributed by atoms with E-state index in [2.05, 4.69) is 53.1 Å². The highest BCUT2D eigenvalue weighted by Crippen LogP contribution is 2.35. The van der Waals surface area contributed by atoms with Gasteiger partial charge >= 0.3 is 5.97 Å². The third kappa shape index (κ3) is 5.31. The molecule has 4 aromatic rings. The summed E-state index contributed by atoms with van der Waals surface area (Å²) in [6.07, 6.45) is 0.779. The quantitative estimate of drug-likeness (QED) is 0.364. The molecule has 0 saturated carbocycles. The number of rotatable bonds is 7. The minimum atomic E-state index is -0.857. The molecule has 0 amide bonds. The SMILES string of the molecule is CC[C@@]1(C)CN(Cc2cc(C(CC(=O)O)c3ccc4c(nnn4C)c3C)ccc2C)Cc2[nH]c(=O)ccc2O1. The Labute approximate surface area is 227 Å². The number of ether oxygens (including phenoxy) is 1. The van der Waals surface area contributed by atoms with E-state index in [9.17, 15) is 14.7 Å². The molecule has 2 atom stereocenters. The van der Waals surface area contributed by atoms with Gasteiger partial charge in [-0.15, -0.1) is 5.10 Å². The first-order chi connectivity index (χ1) is 18.6. The molecule has 1 aliphatic heterocycles. The van der Waals surface area contributed by atoms with Gasteiger partial charge in [0.05, 0.1) is 17.6 Å². The number of aryl methyl sites for hydroxylation is 3. The number of nitrogens with zero attached hydrogens (tertiary/aromatic N) is 4. The number of aromatic amines is 1. The monoisotopic (exact) mass is 529 g/mol. The fraction of sp³-hybridized carbons (Fsp3) is 0.400. The van der Waals surface area contributed by atoms with E-state index in [1.807, 2.05) is 32.2 Å². The highest BCUT2D eigenvalue weighted by atomic mass is 16.5. The first kappa shape index (κ1) is 26.6. The molecule has 0 saturated heterocycles. The van der Waals surface area contributed by atoms with Crippen LogP contribution in [-0.2, 0) is 24.9 Å². The Kier molecular flexibility index (Phi) is 7.03. The van der Waals surface area contributed by atoms with Crippen molar-refractivity contribution in [3.8, 4) is 5.75 Å². The average molecular weight is 530 g/mol. The largest absolute Gasteiger partial charge is 0.484 e. The molecule has 5 rings (SSSR count). The Morgan fingerprint density at radius 1 is 1.21 bits per heavy atom. The lowest BCUT2D eigenvalue weighted by atomic mass is 9.84. The Morgan fingerprint density at radius 3 is 2.74 bits per heavy atom. The van der Waals surface area contributed by atoms with Gasteiger partial charge in [-0.1, -0.05) is 36.4 Å². The standard InChI is InChI=1S/C30H35N5O4/c1-6-30(4)17-35(16-24-26(39-30)11-12-27(36)31-24)15-21-13-20(8-7-18(21)2)23(14-28(37)38)22-9-10-25-29(19(22)3)32-33-34(25)5/h7-13,23H,6,14-17H2,1-5H3,(H,31,36)(H,37,38)/t23?,30-/m0/s1. The number of aromatic nitrogens is 4. The molecule has 204 valence electrons. The van der Waals surface area contributed by atoms with Gasteiger partial charge in [0, 0.05) is 38.7 Å². The smallest absolute Gasteiger partial charge is 0.304 e. The first-order valence-electron chi connectivity index (χ1n) is 13.3. The van der Waals surface area contributed by atoms with Crippen molar-refractivity contribution >= 4 is 17.0 Å². The molecular formula is C30H35N5O4. The number of hydrogen-bond donors (Lipinski definition) is 2. The fourth-order valence-corrected chi connectivity index (χ4v) is 5.59. The predicted octanol–water partition coefficient (Wildman–Crippen LogP) is 4.44. The molecule has 39 heavy (non-hydrogen) atoms. The number of pyridine rings is 1. The second kappa shape index (κ2) is 10.3. The van der Waals surface area contributed by atoms with Crippen LogP contribution in [0, 0.1) is 13.8 Å². The van der Waals surface area contributed by atoms with Gasteiger partial charge in [0.2, 0.25) is 5.56 Å². The number of aliphatic carboxylic acids is 1. The van der Waals surface area contributed by atoms with Crippen LogP contribution < -0.4 is 10.3 Å². The van der Waals surface area contributed by atoms with Crippen LogP contribution in [0.25, 0.3) is 11.0 Å². The van der Waals surface area contributed by atoms with E-state index in [4.69, 9.17) is 4.74 Å². The fourth-order valence-electron chi connectivity index (χ4n) is 5.59. The molecule has 1 aliphatic rings. The summed E-state index contributed by atoms with van der Waals surface area (Å²) in [4.78, 5) is 29.3. The molecule has 2 N–H and O–H groups in total. The van der Waals surface area contributed by atoms with E-state index in [0.29, 0.717) is 25.4 Å². The zero-order chi connectivity index (χ0) is 27.9. The Balaban J connectivity index is 1.52. The molecule has 9 heteroatoms. The number of hydrogen-bond acceptors (Lipinski definition) is 6. The molecule has 2 aromatic heterocycles. The number of H-pyrrole nitrogens is 1. The van der Waals surface area contributed by atoms with Crippen molar-refractivity contribution in [1.82, 2.24) is 24.9 Å². The minimum Gasteiger partial charge on any atom is -0.484 e. The molecule has 3 heterocycles. The van der Waals surface area contributed by atoms with E-state index in [1.54, 1.807) is 10.7 Å². The second-order valence-corrected chi connectivity index (χ2v) is 10.9. The lowest BCUT2D eigenvalue weighted by Gasteiger charge is -2.32. The molecule has 0 bridgehead atoms. The second-order valence-electron chi connectivity index (χ2n) is 10.9. The van der Waals surface area contributed by atoms with Crippen LogP contribution in [-0.4, -0.2) is 48.1 Å². The van der Waals surface area contributed by atoms with E-state index in [0.717, 1.165) is 51.0 Å². The summed E-state index contributed by atoms with van der Waals surface area (Å²) in [6.45, 7) is 10.1. The zero-order valence-corrected chi connectivity index (χ0v) is 23.1. The van der Waals surface area contributed by atoms with Crippen molar-refractivity contribution in [1.29, 1.82) is 0 Å². The van der Waals surface area contributed by atoms with Crippen molar-refractivity contribution in [2.24, 2.45) is 7.05 Å². The van der Waals surface area contributed by atoms with Gasteiger partial charge in [-0.05, 0) is 67.1 Å². The Hall–Kier alpha value is -3.98. The number of nitrogens with one attached hydrogen (secondary N) is 1. The van der Waals surface area contributed by atoms with Crippen LogP contribution in [0.1, 0.15) is 66.1 Å². The van der Waals surface area contributed by atoms with Crippen LogP contribution in [0.4, 0.5) is 0 Å². The van der Waals surface area contributed by atoms with Crippen molar-refractivity contribution in [3.63, 3.8) is 0 Å². The number of fused-ring (bicyclic) bond motifs is 2. The first-order valence-corrected chi connectivity index (χ1v) is 13.3. The van der Waals surface area contributed by atoms with Gasteiger partial charge in [-0.2, -0.15) is 0 Å². The maximum atomic E-state index is 12.1. The molecular weight excluding hydrogens is 494 g/mol. The van der Waals surface area contributed by atoms with Gasteiger partial charge in [-0.25, -0.2) is 4.68 Å². The van der Waals surface area contributed by atoms with E-state index < -0.39 is 11.6 Å². The summed E-state index contributed by atoms with van der Waals surface area (Å²) >= 11 is 0. The summed E-state index contributed by atoms with van der Waals surface area (Å²) < 4.78 is 8.10. The maximum absolute atomic E-state index is 12.1. The van der Waals surface area contributed by atoms with Gasteiger partial charge in [0.15, 0.2) is 0 Å². The molecule has 0 aliphatic carbocycles. The number of carboxylic acids is 1. The van der Waals surface area contributed by atoms with E-state index in [1.165, 1.54) is 6.07 Å². The Morgan fingerprint density at radius 2 is 2.00 bits per heavy atom. The molecule has 0 fully saturated rings. The molecule has 2 aromatic carbocycles. The highest BCUT2D eigenvalue weighted by Gasteiger charge is 2.32. The summed E-state index contributed by atoms with van der Waals surface area (Å²) in [5, 5.41) is 18.3. The zero-order valence-electron chi connectivity index (χ0n) is 23.1. The highest BCUT2D eigenvalue weighted by molar-refractivity contribution is 5.80. The average Bonchev–Trinajstić information content (AvgIpc) is 3.20. The van der Waals surface area contributed by atoms with Crippen LogP contribution in [0.3, 0.4) is 0 Å². The third-order valence-electron chi connectivity index (χ3n) is 8.00. The van der Waals surface area contributed by atoms with Gasteiger partial charge in [0.1, 0.15) is 16.9 Å². The van der Waals surface area contributed by atoms with Crippen molar-refractivity contribution < 1.29 is 14.6 Å². The van der Waals surface area contributed by atoms with Gasteiger partial charge in [0.25, 0.3) is 0 Å². The Bertz CT molecular complexity index is 1610. The topological polar surface area (TPSA) is 113 Å². The van der Waals surface area contributed by atoms with Crippen molar-refractivity contribution in [2.45, 2.75) is 65.1 Å². The molecule has 0 radical (unpaired) electrons. The predicted molar refractivity (Wildman–Crippen MR) is 149 cm³/mol. The summed E-state index contributed by atoms with van der Waals surface area (Å²) in [6, 6.07) is 13.4. The minimum absolute atomic E-state index is 0.0326. The van der Waals surface area contributed by atoms with Crippen LogP contribution in [0.2, 0.25) is 0 Å². The van der Waals surface area contributed by atoms with Gasteiger partial charge in [-0.3, -0.25) is 14.5 Å². The lowest BCUT2D eigenvalue weighted by molar-refractivity contribution is -0.137. The van der Waals surface area contributed by atoms with E-state index in [-0.39, 0.29) is 17.9 Å². The lowest BCUT2D eigenvalue weighted by Crippen LogP contribution is -2.42. The van der Waals surface area contributed by atoms with E-state index >= 15 is 0 Å². The number of carboxylic acid groups (broad SMARTS) is 1. The number of carbonyl (C=O) groups is 1. The third-order valence-corrected chi connectivity index (χ3v) is 8.00. The normalized spacial score (nSPS) is 18.4. The van der Waals surface area contributed by atoms with Crippen LogP contribution in [0.5, 0.6) is 5.75 Å².